The van der Waals surface area contributed by atoms with Gasteiger partial charge >= 0.3 is 0 Å². The number of aliphatic hydroxyl groups excluding tert-OH is 3. The molecule has 0 saturated carbocycles. The molecule has 0 unspecified atom stereocenters. The summed E-state index contributed by atoms with van der Waals surface area (Å²) in [5.41, 5.74) is 2.14. The highest BCUT2D eigenvalue weighted by atomic mass is 35.5. The fourth-order valence-electron chi connectivity index (χ4n) is 6.03. The number of carbonyl (C=O) groups excluding carboxylic acids is 4. The first-order chi connectivity index (χ1) is 23.7. The van der Waals surface area contributed by atoms with Crippen molar-refractivity contribution in [1.29, 1.82) is 0 Å². The Morgan fingerprint density at radius 2 is 1.00 bits per heavy atom. The number of imide groups is 2. The first kappa shape index (κ1) is 37.5. The number of aliphatic hydroxyl groups is 3. The fraction of sp³-hybridized carbons (Fsp3) is 0.368. The van der Waals surface area contributed by atoms with E-state index in [1.807, 2.05) is 25.1 Å². The van der Waals surface area contributed by atoms with Gasteiger partial charge in [0.1, 0.15) is 5.75 Å². The molecule has 3 N–H and O–H groups in total. The average Bonchev–Trinajstić information content (AvgIpc) is 3.10. The number of nitrogens with zero attached hydrogens (tertiary/aromatic N) is 2. The quantitative estimate of drug-likeness (QED) is 0.117. The van der Waals surface area contributed by atoms with Gasteiger partial charge in [0, 0.05) is 81.7 Å². The minimum atomic E-state index is -0.269. The molecule has 260 valence electrons. The molecule has 0 aromatic heterocycles. The monoisotopic (exact) mass is 690 g/mol. The summed E-state index contributed by atoms with van der Waals surface area (Å²) in [5, 5.41) is 28.6. The number of hydrogen-bond donors (Lipinski definition) is 3. The molecule has 0 bridgehead atoms. The van der Waals surface area contributed by atoms with Crippen LogP contribution in [0, 0.1) is 0 Å². The number of amides is 4. The summed E-state index contributed by atoms with van der Waals surface area (Å²) < 4.78 is 5.63. The number of halogens is 1. The molecule has 2 aliphatic heterocycles. The van der Waals surface area contributed by atoms with Crippen molar-refractivity contribution in [2.75, 3.05) is 39.5 Å². The predicted molar refractivity (Wildman–Crippen MR) is 189 cm³/mol. The van der Waals surface area contributed by atoms with Crippen LogP contribution in [-0.2, 0) is 0 Å². The van der Waals surface area contributed by atoms with Crippen LogP contribution >= 0.6 is 11.6 Å². The highest BCUT2D eigenvalue weighted by Crippen LogP contribution is 2.36. The Bertz CT molecular complexity index is 1780. The van der Waals surface area contributed by atoms with Crippen LogP contribution in [0.15, 0.2) is 60.7 Å². The van der Waals surface area contributed by atoms with Crippen molar-refractivity contribution in [1.82, 2.24) is 9.80 Å². The van der Waals surface area contributed by atoms with Gasteiger partial charge in [0.05, 0.1) is 6.61 Å². The zero-order valence-electron chi connectivity index (χ0n) is 27.9. The van der Waals surface area contributed by atoms with Crippen LogP contribution in [-0.4, -0.2) is 88.3 Å². The number of carbonyl (C=O) groups is 4. The van der Waals surface area contributed by atoms with E-state index in [0.717, 1.165) is 23.6 Å². The lowest BCUT2D eigenvalue weighted by atomic mass is 9.93. The van der Waals surface area contributed by atoms with E-state index in [-0.39, 0.29) is 43.4 Å². The molecule has 6 rings (SSSR count). The second-order valence-corrected chi connectivity index (χ2v) is 11.9. The Morgan fingerprint density at radius 1 is 0.571 bits per heavy atom. The van der Waals surface area contributed by atoms with E-state index in [1.54, 1.807) is 49.4 Å². The molecule has 0 spiro atoms. The summed E-state index contributed by atoms with van der Waals surface area (Å²) in [6, 6.07) is 17.7. The van der Waals surface area contributed by atoms with Gasteiger partial charge in [-0.3, -0.25) is 29.0 Å². The van der Waals surface area contributed by atoms with Crippen LogP contribution in [0.3, 0.4) is 0 Å². The van der Waals surface area contributed by atoms with E-state index in [0.29, 0.717) is 89.2 Å². The standard InChI is InChI=1S/C19H21NO4.C17H16ClNO3.C2H6O/c1-2-24-16-10-9-15-17-13(16)7-6-8-14(17)18(22)20(19(15)23)11-4-3-5-12-21;18-14-8-7-13-15-11(14)5-4-6-12(15)16(21)19(17(13)22)9-2-1-3-10-20;1-2-3/h6-10,21H,2-5,11-12H2,1H3;4-8,20H,1-3,9-10H2;3H,2H2,1H3. The summed E-state index contributed by atoms with van der Waals surface area (Å²) in [4.78, 5) is 53.3. The summed E-state index contributed by atoms with van der Waals surface area (Å²) in [5.74, 6) is -0.356. The molecule has 2 heterocycles. The topological polar surface area (TPSA) is 145 Å². The molecule has 4 amide bonds. The molecule has 2 aliphatic rings. The van der Waals surface area contributed by atoms with Crippen molar-refractivity contribution >= 4 is 56.8 Å². The Balaban J connectivity index is 0.000000205. The second-order valence-electron chi connectivity index (χ2n) is 11.5. The first-order valence-electron chi connectivity index (χ1n) is 16.7. The van der Waals surface area contributed by atoms with E-state index >= 15 is 0 Å². The van der Waals surface area contributed by atoms with E-state index in [9.17, 15) is 19.2 Å². The Morgan fingerprint density at radius 3 is 1.47 bits per heavy atom. The van der Waals surface area contributed by atoms with Gasteiger partial charge in [-0.15, -0.1) is 0 Å². The van der Waals surface area contributed by atoms with Crippen LogP contribution in [0.4, 0.5) is 0 Å². The van der Waals surface area contributed by atoms with Crippen LogP contribution in [0.1, 0.15) is 93.8 Å². The highest BCUT2D eigenvalue weighted by molar-refractivity contribution is 6.38. The summed E-state index contributed by atoms with van der Waals surface area (Å²) >= 11 is 6.17. The van der Waals surface area contributed by atoms with Crippen molar-refractivity contribution in [2.45, 2.75) is 52.4 Å². The molecule has 4 aromatic rings. The number of unbranched alkanes of at least 4 members (excludes halogenated alkanes) is 4. The molecule has 0 fully saturated rings. The van der Waals surface area contributed by atoms with Crippen LogP contribution in [0.25, 0.3) is 21.5 Å². The number of rotatable bonds is 12. The summed E-state index contributed by atoms with van der Waals surface area (Å²) in [6.45, 7) is 5.36. The van der Waals surface area contributed by atoms with Gasteiger partial charge in [-0.05, 0) is 88.8 Å². The molecule has 10 nitrogen and oxygen atoms in total. The number of benzene rings is 4. The summed E-state index contributed by atoms with van der Waals surface area (Å²) in [7, 11) is 0. The van der Waals surface area contributed by atoms with Crippen molar-refractivity contribution in [3.8, 4) is 5.75 Å². The van der Waals surface area contributed by atoms with Gasteiger partial charge < -0.3 is 20.1 Å². The van der Waals surface area contributed by atoms with Gasteiger partial charge in [-0.2, -0.15) is 0 Å². The average molecular weight is 691 g/mol. The van der Waals surface area contributed by atoms with Crippen LogP contribution < -0.4 is 4.74 Å². The maximum atomic E-state index is 12.8. The zero-order chi connectivity index (χ0) is 35.5. The van der Waals surface area contributed by atoms with Crippen molar-refractivity contribution in [3.05, 3.63) is 87.9 Å². The van der Waals surface area contributed by atoms with Gasteiger partial charge in [0.2, 0.25) is 0 Å². The van der Waals surface area contributed by atoms with Gasteiger partial charge in [-0.25, -0.2) is 0 Å². The Labute approximate surface area is 290 Å². The van der Waals surface area contributed by atoms with E-state index in [1.165, 1.54) is 9.80 Å². The lowest BCUT2D eigenvalue weighted by molar-refractivity contribution is 0.0591. The maximum Gasteiger partial charge on any atom is 0.261 e. The second kappa shape index (κ2) is 17.9. The lowest BCUT2D eigenvalue weighted by Crippen LogP contribution is -2.40. The van der Waals surface area contributed by atoms with Crippen LogP contribution in [0.2, 0.25) is 5.02 Å². The van der Waals surface area contributed by atoms with Crippen molar-refractivity contribution in [2.24, 2.45) is 0 Å². The van der Waals surface area contributed by atoms with Crippen molar-refractivity contribution in [3.63, 3.8) is 0 Å². The fourth-order valence-corrected chi connectivity index (χ4v) is 6.26. The minimum Gasteiger partial charge on any atom is -0.493 e. The molecule has 11 heteroatoms. The zero-order valence-corrected chi connectivity index (χ0v) is 28.7. The minimum absolute atomic E-state index is 0.128. The normalized spacial score (nSPS) is 13.3. The third kappa shape index (κ3) is 8.11. The molecule has 49 heavy (non-hydrogen) atoms. The largest absolute Gasteiger partial charge is 0.493 e. The van der Waals surface area contributed by atoms with E-state index < -0.39 is 0 Å². The molecule has 4 aromatic carbocycles. The van der Waals surface area contributed by atoms with E-state index in [4.69, 9.17) is 31.7 Å². The van der Waals surface area contributed by atoms with Crippen LogP contribution in [0.5, 0.6) is 5.75 Å². The van der Waals surface area contributed by atoms with Crippen molar-refractivity contribution < 1.29 is 39.2 Å². The first-order valence-corrected chi connectivity index (χ1v) is 17.1. The number of ether oxygens (including phenoxy) is 1. The molecule has 0 aliphatic carbocycles. The van der Waals surface area contributed by atoms with Gasteiger partial charge in [0.25, 0.3) is 23.6 Å². The number of hydrogen-bond acceptors (Lipinski definition) is 8. The maximum absolute atomic E-state index is 12.8. The molecule has 0 saturated heterocycles. The molecular formula is C38H43ClN2O8. The lowest BCUT2D eigenvalue weighted by Gasteiger charge is -2.27. The highest BCUT2D eigenvalue weighted by Gasteiger charge is 2.34. The third-order valence-corrected chi connectivity index (χ3v) is 8.60. The SMILES string of the molecule is CCO.CCOc1ccc2c3c(cccc13)C(=O)N(CCCCCO)C2=O.O=C1c2cccc3c(Cl)ccc(c23)C(=O)N1CCCCCO. The Hall–Kier alpha value is -4.35. The molecular weight excluding hydrogens is 648 g/mol. The van der Waals surface area contributed by atoms with Gasteiger partial charge in [0.15, 0.2) is 0 Å². The summed E-state index contributed by atoms with van der Waals surface area (Å²) in [6.07, 6.45) is 4.31. The molecule has 0 atom stereocenters. The Kier molecular flexibility index (Phi) is 13.7. The van der Waals surface area contributed by atoms with E-state index in [2.05, 4.69) is 0 Å². The van der Waals surface area contributed by atoms with Gasteiger partial charge in [-0.1, -0.05) is 35.9 Å². The molecule has 0 radical (unpaired) electrons. The third-order valence-electron chi connectivity index (χ3n) is 8.27. The predicted octanol–water partition coefficient (Wildman–Crippen LogP) is 6.25. The smallest absolute Gasteiger partial charge is 0.261 e.